The molecule has 178 valence electrons. The van der Waals surface area contributed by atoms with Crippen molar-refractivity contribution in [2.24, 2.45) is 5.92 Å². The predicted molar refractivity (Wildman–Crippen MR) is 131 cm³/mol. The summed E-state index contributed by atoms with van der Waals surface area (Å²) in [6.07, 6.45) is 3.64. The minimum atomic E-state index is -3.91. The lowest BCUT2D eigenvalue weighted by Gasteiger charge is -2.30. The molecule has 4 rings (SSSR count). The number of aromatic nitrogens is 1. The number of hydrogen-bond acceptors (Lipinski definition) is 5. The van der Waals surface area contributed by atoms with Crippen LogP contribution in [-0.4, -0.2) is 36.9 Å². The molecule has 0 spiro atoms. The first-order valence-corrected chi connectivity index (χ1v) is 12.9. The van der Waals surface area contributed by atoms with E-state index in [0.29, 0.717) is 24.1 Å². The van der Waals surface area contributed by atoms with E-state index in [1.54, 1.807) is 31.2 Å². The molecule has 0 unspecified atom stereocenters. The summed E-state index contributed by atoms with van der Waals surface area (Å²) in [4.78, 5) is 12.6. The Hall–Kier alpha value is -2.82. The fraction of sp³-hybridized carbons (Fsp3) is 0.250. The third kappa shape index (κ3) is 5.29. The SMILES string of the molecule is Cc1noc(/C=C/c2ccccc2F)c1S(=O)(=O)N1CCC(C(=O)Nc2cccc(Br)c2)CC1. The number of piperidine rings is 1. The summed E-state index contributed by atoms with van der Waals surface area (Å²) in [5.74, 6) is -0.822. The van der Waals surface area contributed by atoms with Crippen molar-refractivity contribution in [1.29, 1.82) is 0 Å². The Bertz CT molecular complexity index is 1330. The van der Waals surface area contributed by atoms with Gasteiger partial charge in [-0.1, -0.05) is 45.4 Å². The molecule has 1 saturated heterocycles. The van der Waals surface area contributed by atoms with Gasteiger partial charge in [0.1, 0.15) is 11.5 Å². The lowest BCUT2D eigenvalue weighted by atomic mass is 9.97. The van der Waals surface area contributed by atoms with Crippen molar-refractivity contribution in [3.05, 3.63) is 75.8 Å². The zero-order chi connectivity index (χ0) is 24.3. The first-order valence-electron chi connectivity index (χ1n) is 10.7. The van der Waals surface area contributed by atoms with E-state index in [-0.39, 0.29) is 41.3 Å². The summed E-state index contributed by atoms with van der Waals surface area (Å²) >= 11 is 3.38. The van der Waals surface area contributed by atoms with Gasteiger partial charge in [-0.05, 0) is 56.2 Å². The van der Waals surface area contributed by atoms with Crippen LogP contribution in [0.15, 0.2) is 62.4 Å². The number of halogens is 2. The number of aryl methyl sites for hydroxylation is 1. The van der Waals surface area contributed by atoms with Crippen LogP contribution in [0.5, 0.6) is 0 Å². The molecule has 1 aliphatic heterocycles. The molecule has 7 nitrogen and oxygen atoms in total. The van der Waals surface area contributed by atoms with Crippen LogP contribution < -0.4 is 5.32 Å². The number of carbonyl (C=O) groups is 1. The van der Waals surface area contributed by atoms with Crippen molar-refractivity contribution < 1.29 is 22.1 Å². The predicted octanol–water partition coefficient (Wildman–Crippen LogP) is 5.09. The Morgan fingerprint density at radius 2 is 1.91 bits per heavy atom. The molecule has 0 atom stereocenters. The highest BCUT2D eigenvalue weighted by Crippen LogP contribution is 2.30. The van der Waals surface area contributed by atoms with Crippen LogP contribution in [0.4, 0.5) is 10.1 Å². The lowest BCUT2D eigenvalue weighted by Crippen LogP contribution is -2.41. The maximum Gasteiger partial charge on any atom is 0.248 e. The van der Waals surface area contributed by atoms with Crippen LogP contribution in [0, 0.1) is 18.7 Å². The minimum Gasteiger partial charge on any atom is -0.355 e. The average Bonchev–Trinajstić information content (AvgIpc) is 3.19. The number of nitrogens with one attached hydrogen (secondary N) is 1. The summed E-state index contributed by atoms with van der Waals surface area (Å²) < 4.78 is 48.1. The summed E-state index contributed by atoms with van der Waals surface area (Å²) in [6.45, 7) is 1.94. The molecule has 3 aromatic rings. The van der Waals surface area contributed by atoms with Crippen LogP contribution in [0.3, 0.4) is 0 Å². The Morgan fingerprint density at radius 1 is 1.18 bits per heavy atom. The quantitative estimate of drug-likeness (QED) is 0.463. The van der Waals surface area contributed by atoms with Crippen LogP contribution in [0.1, 0.15) is 29.9 Å². The molecule has 1 amide bonds. The second-order valence-electron chi connectivity index (χ2n) is 7.99. The van der Waals surface area contributed by atoms with Crippen molar-refractivity contribution in [1.82, 2.24) is 9.46 Å². The summed E-state index contributed by atoms with van der Waals surface area (Å²) in [5.41, 5.74) is 1.21. The largest absolute Gasteiger partial charge is 0.355 e. The number of hydrogen-bond donors (Lipinski definition) is 1. The highest BCUT2D eigenvalue weighted by atomic mass is 79.9. The van der Waals surface area contributed by atoms with Gasteiger partial charge in [0, 0.05) is 34.7 Å². The van der Waals surface area contributed by atoms with E-state index >= 15 is 0 Å². The molecule has 0 radical (unpaired) electrons. The van der Waals surface area contributed by atoms with Gasteiger partial charge in [0.2, 0.25) is 15.9 Å². The first kappa shape index (κ1) is 24.3. The first-order chi connectivity index (χ1) is 16.3. The third-order valence-corrected chi connectivity index (χ3v) is 8.22. The van der Waals surface area contributed by atoms with Gasteiger partial charge in [0.25, 0.3) is 0 Å². The highest BCUT2D eigenvalue weighted by Gasteiger charge is 2.36. The summed E-state index contributed by atoms with van der Waals surface area (Å²) in [5, 5.41) is 6.70. The van der Waals surface area contributed by atoms with Gasteiger partial charge in [-0.15, -0.1) is 0 Å². The van der Waals surface area contributed by atoms with E-state index in [1.807, 2.05) is 18.2 Å². The second-order valence-corrected chi connectivity index (χ2v) is 10.8. The fourth-order valence-electron chi connectivity index (χ4n) is 3.87. The molecule has 1 aromatic heterocycles. The second kappa shape index (κ2) is 10.2. The topological polar surface area (TPSA) is 92.5 Å². The van der Waals surface area contributed by atoms with E-state index < -0.39 is 15.8 Å². The van der Waals surface area contributed by atoms with Crippen molar-refractivity contribution in [2.45, 2.75) is 24.7 Å². The average molecular weight is 548 g/mol. The van der Waals surface area contributed by atoms with Gasteiger partial charge in [-0.2, -0.15) is 4.31 Å². The van der Waals surface area contributed by atoms with Gasteiger partial charge in [-0.3, -0.25) is 4.79 Å². The van der Waals surface area contributed by atoms with Crippen LogP contribution in [-0.2, 0) is 14.8 Å². The van der Waals surface area contributed by atoms with Crippen molar-refractivity contribution in [2.75, 3.05) is 18.4 Å². The number of rotatable bonds is 6. The number of amides is 1. The molecule has 10 heteroatoms. The highest BCUT2D eigenvalue weighted by molar-refractivity contribution is 9.10. The van der Waals surface area contributed by atoms with Gasteiger partial charge in [0.05, 0.1) is 0 Å². The standard InChI is InChI=1S/C24H23BrFN3O4S/c1-16-23(22(33-28-16)10-9-17-5-2-3-8-21(17)26)34(31,32)29-13-11-18(12-14-29)24(30)27-20-7-4-6-19(25)15-20/h2-10,15,18H,11-14H2,1H3,(H,27,30)/b10-9+. The van der Waals surface area contributed by atoms with Crippen molar-refractivity contribution in [3.63, 3.8) is 0 Å². The van der Waals surface area contributed by atoms with Gasteiger partial charge < -0.3 is 9.84 Å². The van der Waals surface area contributed by atoms with Crippen molar-refractivity contribution in [3.8, 4) is 0 Å². The Kier molecular flexibility index (Phi) is 7.30. The van der Waals surface area contributed by atoms with Crippen LogP contribution in [0.2, 0.25) is 0 Å². The Morgan fingerprint density at radius 3 is 2.62 bits per heavy atom. The number of anilines is 1. The molecular weight excluding hydrogens is 525 g/mol. The molecule has 2 heterocycles. The molecule has 2 aromatic carbocycles. The summed E-state index contributed by atoms with van der Waals surface area (Å²) in [7, 11) is -3.91. The van der Waals surface area contributed by atoms with Crippen molar-refractivity contribution >= 4 is 49.7 Å². The van der Waals surface area contributed by atoms with Gasteiger partial charge in [-0.25, -0.2) is 12.8 Å². The Labute approximate surface area is 205 Å². The van der Waals surface area contributed by atoms with Crippen LogP contribution >= 0.6 is 15.9 Å². The molecule has 1 aliphatic rings. The number of benzene rings is 2. The molecule has 0 bridgehead atoms. The third-order valence-electron chi connectivity index (χ3n) is 5.67. The van der Waals surface area contributed by atoms with E-state index in [0.717, 1.165) is 4.47 Å². The van der Waals surface area contributed by atoms with Crippen LogP contribution in [0.25, 0.3) is 12.2 Å². The molecule has 0 aliphatic carbocycles. The smallest absolute Gasteiger partial charge is 0.248 e. The van der Waals surface area contributed by atoms with E-state index in [1.165, 1.54) is 22.5 Å². The number of nitrogens with zero attached hydrogens (tertiary/aromatic N) is 2. The maximum atomic E-state index is 13.9. The molecular formula is C24H23BrFN3O4S. The summed E-state index contributed by atoms with van der Waals surface area (Å²) in [6, 6.07) is 13.5. The fourth-order valence-corrected chi connectivity index (χ4v) is 5.99. The molecule has 1 N–H and O–H groups in total. The number of sulfonamides is 1. The van der Waals surface area contributed by atoms with E-state index in [4.69, 9.17) is 4.52 Å². The zero-order valence-corrected chi connectivity index (χ0v) is 20.8. The molecule has 1 fully saturated rings. The van der Waals surface area contributed by atoms with Gasteiger partial charge >= 0.3 is 0 Å². The normalized spacial score (nSPS) is 15.6. The Balaban J connectivity index is 1.46. The molecule has 0 saturated carbocycles. The monoisotopic (exact) mass is 547 g/mol. The minimum absolute atomic E-state index is 0.0373. The lowest BCUT2D eigenvalue weighted by molar-refractivity contribution is -0.120. The zero-order valence-electron chi connectivity index (χ0n) is 18.4. The maximum absolute atomic E-state index is 13.9. The van der Waals surface area contributed by atoms with E-state index in [2.05, 4.69) is 26.4 Å². The number of carbonyl (C=O) groups excluding carboxylic acids is 1. The van der Waals surface area contributed by atoms with Gasteiger partial charge in [0.15, 0.2) is 10.7 Å². The molecule has 34 heavy (non-hydrogen) atoms. The van der Waals surface area contributed by atoms with E-state index in [9.17, 15) is 17.6 Å².